The maximum absolute atomic E-state index is 12.9. The number of aromatic nitrogens is 2. The third-order valence-electron chi connectivity index (χ3n) is 5.69. The molecule has 7 heteroatoms. The number of thioether (sulfide) groups is 1. The van der Waals surface area contributed by atoms with Gasteiger partial charge in [0.15, 0.2) is 5.16 Å². The van der Waals surface area contributed by atoms with Gasteiger partial charge in [-0.15, -0.1) is 0 Å². The maximum atomic E-state index is 12.9. The summed E-state index contributed by atoms with van der Waals surface area (Å²) < 4.78 is 2.34. The molecule has 1 saturated carbocycles. The Morgan fingerprint density at radius 2 is 1.96 bits per heavy atom. The van der Waals surface area contributed by atoms with E-state index in [0.29, 0.717) is 11.7 Å². The van der Waals surface area contributed by atoms with Crippen molar-refractivity contribution in [3.63, 3.8) is 0 Å². The molecule has 1 fully saturated rings. The Labute approximate surface area is 169 Å². The number of carbonyl (C=O) groups excluding carboxylic acids is 2. The van der Waals surface area contributed by atoms with Gasteiger partial charge >= 0.3 is 0 Å². The number of para-hydroxylation sites is 2. The van der Waals surface area contributed by atoms with Crippen molar-refractivity contribution in [2.24, 2.45) is 0 Å². The zero-order valence-corrected chi connectivity index (χ0v) is 17.2. The first-order chi connectivity index (χ1) is 13.5. The molecular formula is C21H26N4O2S. The fourth-order valence-corrected chi connectivity index (χ4v) is 5.16. The molecule has 0 bridgehead atoms. The topological polar surface area (TPSA) is 67.2 Å². The Balaban J connectivity index is 1.52. The van der Waals surface area contributed by atoms with E-state index in [-0.39, 0.29) is 24.1 Å². The predicted octanol–water partition coefficient (Wildman–Crippen LogP) is 4.08. The molecule has 2 aromatic rings. The highest BCUT2D eigenvalue weighted by atomic mass is 32.2. The van der Waals surface area contributed by atoms with Crippen molar-refractivity contribution >= 4 is 35.0 Å². The average molecular weight is 399 g/mol. The molecule has 1 aliphatic heterocycles. The fraction of sp³-hybridized carbons (Fsp3) is 0.476. The van der Waals surface area contributed by atoms with Gasteiger partial charge < -0.3 is 14.8 Å². The summed E-state index contributed by atoms with van der Waals surface area (Å²) in [5.74, 6) is 0.0396. The summed E-state index contributed by atoms with van der Waals surface area (Å²) in [5.41, 5.74) is 3.68. The van der Waals surface area contributed by atoms with Crippen LogP contribution < -0.4 is 10.2 Å². The highest BCUT2D eigenvalue weighted by molar-refractivity contribution is 7.99. The summed E-state index contributed by atoms with van der Waals surface area (Å²) in [4.78, 5) is 31.3. The average Bonchev–Trinajstić information content (AvgIpc) is 2.99. The Morgan fingerprint density at radius 3 is 2.75 bits per heavy atom. The molecule has 0 atom stereocenters. The Morgan fingerprint density at radius 1 is 1.21 bits per heavy atom. The fourth-order valence-electron chi connectivity index (χ4n) is 4.13. The molecule has 2 heterocycles. The highest BCUT2D eigenvalue weighted by Crippen LogP contribution is 2.35. The lowest BCUT2D eigenvalue weighted by Gasteiger charge is -2.29. The smallest absolute Gasteiger partial charge is 0.244 e. The number of nitrogens with one attached hydrogen (secondary N) is 1. The number of nitrogens with zero attached hydrogens (tertiary/aromatic N) is 3. The molecule has 0 radical (unpaired) electrons. The number of aryl methyl sites for hydroxylation is 1. The van der Waals surface area contributed by atoms with E-state index >= 15 is 0 Å². The van der Waals surface area contributed by atoms with Gasteiger partial charge in [-0.3, -0.25) is 9.59 Å². The Bertz CT molecular complexity index is 902. The van der Waals surface area contributed by atoms with Gasteiger partial charge in [0, 0.05) is 11.7 Å². The van der Waals surface area contributed by atoms with Crippen molar-refractivity contribution < 1.29 is 9.59 Å². The van der Waals surface area contributed by atoms with E-state index in [4.69, 9.17) is 4.98 Å². The van der Waals surface area contributed by atoms with Crippen LogP contribution in [0.5, 0.6) is 0 Å². The van der Waals surface area contributed by atoms with Crippen molar-refractivity contribution in [3.8, 4) is 0 Å². The molecule has 28 heavy (non-hydrogen) atoms. The number of hydrogen-bond donors (Lipinski definition) is 1. The van der Waals surface area contributed by atoms with Crippen LogP contribution in [0.3, 0.4) is 0 Å². The zero-order chi connectivity index (χ0) is 19.7. The molecule has 2 amide bonds. The van der Waals surface area contributed by atoms with Crippen molar-refractivity contribution in [1.29, 1.82) is 0 Å². The second kappa shape index (κ2) is 7.99. The van der Waals surface area contributed by atoms with Gasteiger partial charge in [0.1, 0.15) is 6.54 Å². The quantitative estimate of drug-likeness (QED) is 0.788. The number of imidazole rings is 1. The molecular weight excluding hydrogens is 372 g/mol. The lowest BCUT2D eigenvalue weighted by Crippen LogP contribution is -2.43. The van der Waals surface area contributed by atoms with Gasteiger partial charge in [-0.2, -0.15) is 0 Å². The van der Waals surface area contributed by atoms with E-state index in [2.05, 4.69) is 16.8 Å². The standard InChI is InChI=1S/C21H26N4O2S/c1-14-15(2)25(16-8-4-3-5-9-16)21(22-14)28-13-20(27)24-12-19(26)23-17-10-6-7-11-18(17)24/h6-7,10-11,16H,3-5,8-9,12-13H2,1-2H3,(H,23,26). The highest BCUT2D eigenvalue weighted by Gasteiger charge is 2.28. The van der Waals surface area contributed by atoms with Crippen LogP contribution in [0.15, 0.2) is 29.4 Å². The van der Waals surface area contributed by atoms with Crippen LogP contribution in [0.1, 0.15) is 49.5 Å². The monoisotopic (exact) mass is 398 g/mol. The Kier molecular flexibility index (Phi) is 5.44. The van der Waals surface area contributed by atoms with Gasteiger partial charge in [0.05, 0.1) is 22.8 Å². The number of fused-ring (bicyclic) bond motifs is 1. The van der Waals surface area contributed by atoms with Crippen LogP contribution in [0, 0.1) is 13.8 Å². The van der Waals surface area contributed by atoms with Crippen molar-refractivity contribution in [2.45, 2.75) is 57.1 Å². The van der Waals surface area contributed by atoms with Gasteiger partial charge in [-0.05, 0) is 38.8 Å². The maximum Gasteiger partial charge on any atom is 0.244 e. The first kappa shape index (κ1) is 19.1. The minimum absolute atomic E-state index is 0.0610. The predicted molar refractivity (Wildman–Crippen MR) is 112 cm³/mol. The van der Waals surface area contributed by atoms with Crippen molar-refractivity contribution in [3.05, 3.63) is 35.7 Å². The normalized spacial score (nSPS) is 17.4. The summed E-state index contributed by atoms with van der Waals surface area (Å²) in [7, 11) is 0. The molecule has 1 aliphatic carbocycles. The summed E-state index contributed by atoms with van der Waals surface area (Å²) in [5, 5.41) is 3.75. The minimum Gasteiger partial charge on any atom is -0.323 e. The largest absolute Gasteiger partial charge is 0.323 e. The van der Waals surface area contributed by atoms with Crippen LogP contribution in [-0.2, 0) is 9.59 Å². The molecule has 1 aromatic carbocycles. The van der Waals surface area contributed by atoms with Gasteiger partial charge in [-0.25, -0.2) is 4.98 Å². The first-order valence-electron chi connectivity index (χ1n) is 9.92. The molecule has 0 unspecified atom stereocenters. The van der Waals surface area contributed by atoms with Gasteiger partial charge in [0.2, 0.25) is 11.8 Å². The van der Waals surface area contributed by atoms with E-state index in [0.717, 1.165) is 16.5 Å². The molecule has 2 aliphatic rings. The van der Waals surface area contributed by atoms with Crippen LogP contribution in [0.4, 0.5) is 11.4 Å². The second-order valence-corrected chi connectivity index (χ2v) is 8.50. The lowest BCUT2D eigenvalue weighted by molar-refractivity contribution is -0.120. The second-order valence-electron chi connectivity index (χ2n) is 7.56. The molecule has 1 N–H and O–H groups in total. The van der Waals surface area contributed by atoms with Crippen molar-refractivity contribution in [2.75, 3.05) is 22.5 Å². The summed E-state index contributed by atoms with van der Waals surface area (Å²) >= 11 is 1.48. The van der Waals surface area contributed by atoms with E-state index in [1.54, 1.807) is 4.90 Å². The number of amides is 2. The Hall–Kier alpha value is -2.28. The molecule has 4 rings (SSSR count). The molecule has 6 nitrogen and oxygen atoms in total. The van der Waals surface area contributed by atoms with Crippen LogP contribution in [0.25, 0.3) is 0 Å². The summed E-state index contributed by atoms with van der Waals surface area (Å²) in [6.07, 6.45) is 6.17. The zero-order valence-electron chi connectivity index (χ0n) is 16.4. The van der Waals surface area contributed by atoms with Gasteiger partial charge in [0.25, 0.3) is 0 Å². The van der Waals surface area contributed by atoms with E-state index in [1.807, 2.05) is 31.2 Å². The first-order valence-corrected chi connectivity index (χ1v) is 10.9. The minimum atomic E-state index is -0.160. The number of rotatable bonds is 4. The number of carbonyl (C=O) groups is 2. The molecule has 0 spiro atoms. The summed E-state index contributed by atoms with van der Waals surface area (Å²) in [6, 6.07) is 7.91. The summed E-state index contributed by atoms with van der Waals surface area (Å²) in [6.45, 7) is 4.21. The van der Waals surface area contributed by atoms with Crippen LogP contribution in [-0.4, -0.2) is 33.7 Å². The molecule has 0 saturated heterocycles. The number of anilines is 2. The van der Waals surface area contributed by atoms with E-state index in [1.165, 1.54) is 49.6 Å². The third kappa shape index (κ3) is 3.68. The van der Waals surface area contributed by atoms with Crippen LogP contribution >= 0.6 is 11.8 Å². The van der Waals surface area contributed by atoms with E-state index in [9.17, 15) is 9.59 Å². The lowest BCUT2D eigenvalue weighted by atomic mass is 9.95. The van der Waals surface area contributed by atoms with Gasteiger partial charge in [-0.1, -0.05) is 43.2 Å². The SMILES string of the molecule is Cc1nc(SCC(=O)N2CC(=O)Nc3ccccc32)n(C2CCCCC2)c1C. The molecule has 148 valence electrons. The van der Waals surface area contributed by atoms with Crippen LogP contribution in [0.2, 0.25) is 0 Å². The molecule has 1 aromatic heterocycles. The number of benzene rings is 1. The third-order valence-corrected chi connectivity index (χ3v) is 6.63. The number of hydrogen-bond acceptors (Lipinski definition) is 4. The van der Waals surface area contributed by atoms with Crippen molar-refractivity contribution in [1.82, 2.24) is 9.55 Å². The van der Waals surface area contributed by atoms with E-state index < -0.39 is 0 Å².